The highest BCUT2D eigenvalue weighted by molar-refractivity contribution is 6.44. The van der Waals surface area contributed by atoms with Crippen molar-refractivity contribution in [3.8, 4) is 0 Å². The van der Waals surface area contributed by atoms with Crippen molar-refractivity contribution >= 4 is 40.5 Å². The number of anilines is 1. The molecule has 90 valence electrons. The second-order valence-electron chi connectivity index (χ2n) is 3.37. The van der Waals surface area contributed by atoms with Crippen LogP contribution in [0, 0.1) is 0 Å². The van der Waals surface area contributed by atoms with E-state index in [4.69, 9.17) is 39.5 Å². The van der Waals surface area contributed by atoms with Crippen LogP contribution in [0.25, 0.3) is 0 Å². The Balaban J connectivity index is 2.45. The summed E-state index contributed by atoms with van der Waals surface area (Å²) in [5.41, 5.74) is 0.813. The van der Waals surface area contributed by atoms with Gasteiger partial charge in [0.1, 0.15) is 0 Å². The molecular weight excluding hydrogens is 268 g/mol. The molecule has 0 aliphatic rings. The van der Waals surface area contributed by atoms with Gasteiger partial charge in [-0.05, 0) is 25.0 Å². The van der Waals surface area contributed by atoms with Gasteiger partial charge in [0.2, 0.25) is 0 Å². The lowest BCUT2D eigenvalue weighted by molar-refractivity contribution is 0.194. The lowest BCUT2D eigenvalue weighted by atomic mass is 10.3. The van der Waals surface area contributed by atoms with Crippen molar-refractivity contribution in [2.75, 3.05) is 25.6 Å². The number of nitrogens with one attached hydrogen (secondary N) is 1. The monoisotopic (exact) mass is 281 g/mol. The zero-order valence-electron chi connectivity index (χ0n) is 9.03. The lowest BCUT2D eigenvalue weighted by Crippen LogP contribution is -2.03. The van der Waals surface area contributed by atoms with E-state index in [1.165, 1.54) is 0 Å². The summed E-state index contributed by atoms with van der Waals surface area (Å²) >= 11 is 17.7. The van der Waals surface area contributed by atoms with Crippen LogP contribution in [0.2, 0.25) is 15.1 Å². The average molecular weight is 283 g/mol. The minimum absolute atomic E-state index is 0.469. The van der Waals surface area contributed by atoms with Crippen molar-refractivity contribution in [2.45, 2.75) is 12.8 Å². The third-order valence-electron chi connectivity index (χ3n) is 2.10. The quantitative estimate of drug-likeness (QED) is 0.613. The van der Waals surface area contributed by atoms with Crippen LogP contribution in [0.3, 0.4) is 0 Å². The Morgan fingerprint density at radius 1 is 1.06 bits per heavy atom. The molecule has 0 saturated carbocycles. The van der Waals surface area contributed by atoms with Gasteiger partial charge >= 0.3 is 0 Å². The zero-order chi connectivity index (χ0) is 12.0. The Bertz CT molecular complexity index is 344. The molecule has 0 spiro atoms. The van der Waals surface area contributed by atoms with Gasteiger partial charge in [-0.1, -0.05) is 34.8 Å². The molecule has 1 aromatic rings. The number of ether oxygens (including phenoxy) is 1. The van der Waals surface area contributed by atoms with Gasteiger partial charge in [-0.2, -0.15) is 0 Å². The van der Waals surface area contributed by atoms with Gasteiger partial charge in [0.05, 0.1) is 20.8 Å². The van der Waals surface area contributed by atoms with Crippen molar-refractivity contribution in [3.63, 3.8) is 0 Å². The van der Waals surface area contributed by atoms with Crippen LogP contribution in [-0.2, 0) is 4.74 Å². The fourth-order valence-corrected chi connectivity index (χ4v) is 1.87. The number of halogens is 3. The molecule has 0 amide bonds. The number of benzene rings is 1. The molecule has 0 bridgehead atoms. The largest absolute Gasteiger partial charge is 0.385 e. The van der Waals surface area contributed by atoms with Crippen molar-refractivity contribution in [2.24, 2.45) is 0 Å². The molecule has 0 aliphatic carbocycles. The van der Waals surface area contributed by atoms with Crippen molar-refractivity contribution in [1.29, 1.82) is 0 Å². The molecule has 0 atom stereocenters. The summed E-state index contributed by atoms with van der Waals surface area (Å²) in [5.74, 6) is 0. The van der Waals surface area contributed by atoms with Gasteiger partial charge in [0.15, 0.2) is 0 Å². The Morgan fingerprint density at radius 3 is 2.44 bits per heavy atom. The number of hydrogen-bond donors (Lipinski definition) is 1. The van der Waals surface area contributed by atoms with E-state index in [-0.39, 0.29) is 0 Å². The SMILES string of the molecule is COCCCCNc1cc(Cl)c(Cl)cc1Cl. The summed E-state index contributed by atoms with van der Waals surface area (Å²) in [4.78, 5) is 0. The summed E-state index contributed by atoms with van der Waals surface area (Å²) in [6.45, 7) is 1.61. The average Bonchev–Trinajstić information content (AvgIpc) is 2.25. The molecule has 0 saturated heterocycles. The molecule has 2 nitrogen and oxygen atoms in total. The van der Waals surface area contributed by atoms with E-state index < -0.39 is 0 Å². The van der Waals surface area contributed by atoms with Gasteiger partial charge in [0.25, 0.3) is 0 Å². The molecule has 0 fully saturated rings. The molecule has 0 aliphatic heterocycles. The lowest BCUT2D eigenvalue weighted by Gasteiger charge is -2.09. The first kappa shape index (κ1) is 13.9. The summed E-state index contributed by atoms with van der Waals surface area (Å²) < 4.78 is 4.96. The van der Waals surface area contributed by atoms with E-state index in [9.17, 15) is 0 Å². The second-order valence-corrected chi connectivity index (χ2v) is 4.59. The van der Waals surface area contributed by atoms with Crippen molar-refractivity contribution in [3.05, 3.63) is 27.2 Å². The summed E-state index contributed by atoms with van der Waals surface area (Å²) in [6, 6.07) is 3.38. The van der Waals surface area contributed by atoms with Crippen LogP contribution < -0.4 is 5.32 Å². The highest BCUT2D eigenvalue weighted by Crippen LogP contribution is 2.32. The van der Waals surface area contributed by atoms with Gasteiger partial charge in [-0.15, -0.1) is 0 Å². The van der Waals surface area contributed by atoms with Crippen LogP contribution in [0.4, 0.5) is 5.69 Å². The Morgan fingerprint density at radius 2 is 1.75 bits per heavy atom. The smallest absolute Gasteiger partial charge is 0.0653 e. The minimum atomic E-state index is 0.469. The van der Waals surface area contributed by atoms with Gasteiger partial charge in [-0.25, -0.2) is 0 Å². The first-order valence-electron chi connectivity index (χ1n) is 5.02. The summed E-state index contributed by atoms with van der Waals surface area (Å²) in [5, 5.41) is 4.77. The summed E-state index contributed by atoms with van der Waals surface area (Å²) in [7, 11) is 1.70. The number of rotatable bonds is 6. The van der Waals surface area contributed by atoms with Crippen LogP contribution in [0.15, 0.2) is 12.1 Å². The molecule has 1 rings (SSSR count). The molecule has 1 aromatic carbocycles. The van der Waals surface area contributed by atoms with Crippen LogP contribution >= 0.6 is 34.8 Å². The normalized spacial score (nSPS) is 10.5. The third-order valence-corrected chi connectivity index (χ3v) is 3.14. The highest BCUT2D eigenvalue weighted by Gasteiger charge is 2.04. The predicted octanol–water partition coefficient (Wildman–Crippen LogP) is 4.49. The number of methoxy groups -OCH3 is 1. The molecule has 16 heavy (non-hydrogen) atoms. The van der Waals surface area contributed by atoms with Gasteiger partial charge in [0, 0.05) is 20.3 Å². The van der Waals surface area contributed by atoms with E-state index in [1.54, 1.807) is 19.2 Å². The summed E-state index contributed by atoms with van der Waals surface area (Å²) in [6.07, 6.45) is 2.03. The number of hydrogen-bond acceptors (Lipinski definition) is 2. The molecule has 0 unspecified atom stereocenters. The maximum Gasteiger partial charge on any atom is 0.0653 e. The molecule has 1 N–H and O–H groups in total. The maximum atomic E-state index is 6.01. The van der Waals surface area contributed by atoms with Crippen LogP contribution in [0.1, 0.15) is 12.8 Å². The molecule has 5 heteroatoms. The van der Waals surface area contributed by atoms with E-state index in [0.717, 1.165) is 31.7 Å². The van der Waals surface area contributed by atoms with Gasteiger partial charge < -0.3 is 10.1 Å². The maximum absolute atomic E-state index is 6.01. The molecule has 0 heterocycles. The molecule has 0 radical (unpaired) electrons. The zero-order valence-corrected chi connectivity index (χ0v) is 11.3. The predicted molar refractivity (Wildman–Crippen MR) is 71.1 cm³/mol. The molecular formula is C11H14Cl3NO. The van der Waals surface area contributed by atoms with E-state index in [1.807, 2.05) is 0 Å². The minimum Gasteiger partial charge on any atom is -0.385 e. The second kappa shape index (κ2) is 7.23. The topological polar surface area (TPSA) is 21.3 Å². The van der Waals surface area contributed by atoms with Gasteiger partial charge in [-0.3, -0.25) is 0 Å². The van der Waals surface area contributed by atoms with E-state index in [0.29, 0.717) is 15.1 Å². The van der Waals surface area contributed by atoms with Crippen molar-refractivity contribution < 1.29 is 4.74 Å². The third kappa shape index (κ3) is 4.38. The van der Waals surface area contributed by atoms with E-state index >= 15 is 0 Å². The fraction of sp³-hybridized carbons (Fsp3) is 0.455. The molecule has 0 aromatic heterocycles. The fourth-order valence-electron chi connectivity index (χ4n) is 1.25. The van der Waals surface area contributed by atoms with Crippen LogP contribution in [0.5, 0.6) is 0 Å². The van der Waals surface area contributed by atoms with Crippen molar-refractivity contribution in [1.82, 2.24) is 0 Å². The number of unbranched alkanes of at least 4 members (excludes halogenated alkanes) is 1. The Labute approximate surface area is 111 Å². The highest BCUT2D eigenvalue weighted by atomic mass is 35.5. The standard InChI is InChI=1S/C11H14Cl3NO/c1-16-5-3-2-4-15-11-7-9(13)8(12)6-10(11)14/h6-7,15H,2-5H2,1H3. The Kier molecular flexibility index (Phi) is 6.29. The Hall–Kier alpha value is -0.150. The van der Waals surface area contributed by atoms with Crippen LogP contribution in [-0.4, -0.2) is 20.3 Å². The van der Waals surface area contributed by atoms with E-state index in [2.05, 4.69) is 5.32 Å². The first-order valence-corrected chi connectivity index (χ1v) is 6.16. The first-order chi connectivity index (χ1) is 7.65.